The van der Waals surface area contributed by atoms with Crippen LogP contribution in [0.5, 0.6) is 5.75 Å². The van der Waals surface area contributed by atoms with Crippen LogP contribution in [0.1, 0.15) is 18.2 Å². The molecule has 2 aromatic carbocycles. The molecule has 0 saturated heterocycles. The molecule has 0 aliphatic heterocycles. The number of thiazole rings is 1. The second-order valence-electron chi connectivity index (χ2n) is 6.45. The summed E-state index contributed by atoms with van der Waals surface area (Å²) in [4.78, 5) is 28.7. The van der Waals surface area contributed by atoms with E-state index in [-0.39, 0.29) is 12.5 Å². The Morgan fingerprint density at radius 3 is 2.57 bits per heavy atom. The van der Waals surface area contributed by atoms with Crippen molar-refractivity contribution in [3.05, 3.63) is 77.3 Å². The maximum Gasteiger partial charge on any atom is 0.328 e. The van der Waals surface area contributed by atoms with Gasteiger partial charge in [0.1, 0.15) is 23.4 Å². The van der Waals surface area contributed by atoms with Gasteiger partial charge in [-0.15, -0.1) is 11.3 Å². The highest BCUT2D eigenvalue weighted by molar-refractivity contribution is 7.13. The van der Waals surface area contributed by atoms with Gasteiger partial charge in [0.15, 0.2) is 0 Å². The first-order valence-electron chi connectivity index (χ1n) is 9.34. The summed E-state index contributed by atoms with van der Waals surface area (Å²) in [6, 6.07) is 16.3. The molecule has 0 aliphatic carbocycles. The van der Waals surface area contributed by atoms with Gasteiger partial charge in [0.25, 0.3) is 0 Å². The van der Waals surface area contributed by atoms with Gasteiger partial charge in [-0.3, -0.25) is 4.79 Å². The molecular weight excluding hydrogens is 400 g/mol. The number of carbonyl (C=O) groups excluding carboxylic acids is 2. The average molecular weight is 423 g/mol. The van der Waals surface area contributed by atoms with Crippen LogP contribution in [0.2, 0.25) is 0 Å². The quantitative estimate of drug-likeness (QED) is 0.437. The number of nitrogens with zero attached hydrogens (tertiary/aromatic N) is 1. The van der Waals surface area contributed by atoms with Crippen molar-refractivity contribution in [2.24, 2.45) is 0 Å². The fourth-order valence-corrected chi connectivity index (χ4v) is 3.37. The third kappa shape index (κ3) is 6.02. The van der Waals surface area contributed by atoms with Crippen LogP contribution < -0.4 is 10.1 Å². The van der Waals surface area contributed by atoms with Gasteiger partial charge in [-0.1, -0.05) is 42.5 Å². The summed E-state index contributed by atoms with van der Waals surface area (Å²) in [5.74, 6) is -0.158. The molecule has 1 aromatic heterocycles. The number of ether oxygens (including phenoxy) is 2. The number of hydrogen-bond donors (Lipinski definition) is 1. The lowest BCUT2D eigenvalue weighted by Gasteiger charge is -2.11. The Labute approximate surface area is 179 Å². The number of hydrogen-bond acceptors (Lipinski definition) is 6. The maximum atomic E-state index is 12.2. The third-order valence-electron chi connectivity index (χ3n) is 4.19. The van der Waals surface area contributed by atoms with Crippen LogP contribution in [-0.4, -0.2) is 30.0 Å². The summed E-state index contributed by atoms with van der Waals surface area (Å²) < 4.78 is 10.4. The minimum absolute atomic E-state index is 0.0596. The standard InChI is InChI=1S/C23H22N2O4S/c1-16(24-21(26)13-10-17-8-11-20(28-2)12-9-17)23(27)29-14-19-15-30-22(25-19)18-6-4-3-5-7-18/h3-13,15-16H,14H2,1-2H3,(H,24,26)/b13-10-/t16-/m0/s1. The van der Waals surface area contributed by atoms with Gasteiger partial charge in [0.05, 0.1) is 12.8 Å². The van der Waals surface area contributed by atoms with Crippen molar-refractivity contribution in [1.82, 2.24) is 10.3 Å². The van der Waals surface area contributed by atoms with Crippen LogP contribution >= 0.6 is 11.3 Å². The number of rotatable bonds is 8. The summed E-state index contributed by atoms with van der Waals surface area (Å²) in [6.07, 6.45) is 3.03. The normalized spacial score (nSPS) is 11.8. The van der Waals surface area contributed by atoms with E-state index in [1.54, 1.807) is 32.2 Å². The molecule has 0 unspecified atom stereocenters. The zero-order valence-electron chi connectivity index (χ0n) is 16.7. The Bertz CT molecular complexity index is 1010. The third-order valence-corrected chi connectivity index (χ3v) is 5.13. The molecule has 3 rings (SSSR count). The summed E-state index contributed by atoms with van der Waals surface area (Å²) in [5.41, 5.74) is 2.54. The molecule has 30 heavy (non-hydrogen) atoms. The molecule has 1 N–H and O–H groups in total. The molecule has 0 spiro atoms. The fourth-order valence-electron chi connectivity index (χ4n) is 2.56. The van der Waals surface area contributed by atoms with Crippen molar-refractivity contribution in [3.8, 4) is 16.3 Å². The van der Waals surface area contributed by atoms with E-state index in [4.69, 9.17) is 9.47 Å². The van der Waals surface area contributed by atoms with Crippen molar-refractivity contribution in [2.75, 3.05) is 7.11 Å². The topological polar surface area (TPSA) is 77.5 Å². The number of aromatic nitrogens is 1. The minimum atomic E-state index is -0.773. The van der Waals surface area contributed by atoms with Crippen LogP contribution in [0.15, 0.2) is 66.1 Å². The Morgan fingerprint density at radius 1 is 1.13 bits per heavy atom. The molecule has 154 valence electrons. The van der Waals surface area contributed by atoms with Gasteiger partial charge in [-0.05, 0) is 30.7 Å². The summed E-state index contributed by atoms with van der Waals surface area (Å²) >= 11 is 1.49. The van der Waals surface area contributed by atoms with Crippen LogP contribution in [0, 0.1) is 0 Å². The lowest BCUT2D eigenvalue weighted by atomic mass is 10.2. The fraction of sp³-hybridized carbons (Fsp3) is 0.174. The number of nitrogens with one attached hydrogen (secondary N) is 1. The number of carbonyl (C=O) groups is 2. The lowest BCUT2D eigenvalue weighted by molar-refractivity contribution is -0.148. The Hall–Kier alpha value is -3.45. The monoisotopic (exact) mass is 422 g/mol. The second-order valence-corrected chi connectivity index (χ2v) is 7.31. The molecule has 7 heteroatoms. The number of benzene rings is 2. The predicted molar refractivity (Wildman–Crippen MR) is 117 cm³/mol. The van der Waals surface area contributed by atoms with Crippen LogP contribution in [0.25, 0.3) is 16.6 Å². The summed E-state index contributed by atoms with van der Waals surface area (Å²) in [7, 11) is 1.59. The zero-order valence-corrected chi connectivity index (χ0v) is 17.5. The molecule has 0 aliphatic rings. The van der Waals surface area contributed by atoms with E-state index in [1.807, 2.05) is 47.8 Å². The van der Waals surface area contributed by atoms with Crippen LogP contribution in [-0.2, 0) is 20.9 Å². The van der Waals surface area contributed by atoms with Crippen molar-refractivity contribution >= 4 is 29.3 Å². The maximum absolute atomic E-state index is 12.2. The van der Waals surface area contributed by atoms with Gasteiger partial charge >= 0.3 is 5.97 Å². The van der Waals surface area contributed by atoms with Gasteiger partial charge < -0.3 is 14.8 Å². The molecule has 6 nitrogen and oxygen atoms in total. The first-order valence-corrected chi connectivity index (χ1v) is 10.2. The van der Waals surface area contributed by atoms with E-state index in [0.29, 0.717) is 5.69 Å². The number of amides is 1. The molecule has 0 radical (unpaired) electrons. The van der Waals surface area contributed by atoms with Gasteiger partial charge in [-0.25, -0.2) is 9.78 Å². The lowest BCUT2D eigenvalue weighted by Crippen LogP contribution is -2.38. The van der Waals surface area contributed by atoms with Crippen molar-refractivity contribution in [2.45, 2.75) is 19.6 Å². The Balaban J connectivity index is 1.46. The van der Waals surface area contributed by atoms with E-state index in [9.17, 15) is 9.59 Å². The summed E-state index contributed by atoms with van der Waals surface area (Å²) in [5, 5.41) is 5.32. The first-order chi connectivity index (χ1) is 14.5. The number of methoxy groups -OCH3 is 1. The highest BCUT2D eigenvalue weighted by Gasteiger charge is 2.16. The van der Waals surface area contributed by atoms with Crippen molar-refractivity contribution in [1.29, 1.82) is 0 Å². The minimum Gasteiger partial charge on any atom is -0.497 e. The van der Waals surface area contributed by atoms with E-state index in [1.165, 1.54) is 17.4 Å². The second kappa shape index (κ2) is 10.4. The van der Waals surface area contributed by atoms with E-state index in [2.05, 4.69) is 10.3 Å². The van der Waals surface area contributed by atoms with Crippen LogP contribution in [0.3, 0.4) is 0 Å². The molecule has 0 bridgehead atoms. The SMILES string of the molecule is COc1ccc(/C=C\C(=O)N[C@@H](C)C(=O)OCc2csc(-c3ccccc3)n2)cc1. The molecule has 1 heterocycles. The average Bonchev–Trinajstić information content (AvgIpc) is 3.26. The largest absolute Gasteiger partial charge is 0.497 e. The molecular formula is C23H22N2O4S. The first kappa shape index (κ1) is 21.3. The smallest absolute Gasteiger partial charge is 0.328 e. The van der Waals surface area contributed by atoms with Crippen molar-refractivity contribution in [3.63, 3.8) is 0 Å². The van der Waals surface area contributed by atoms with E-state index in [0.717, 1.165) is 21.9 Å². The molecule has 1 atom stereocenters. The predicted octanol–water partition coefficient (Wildman–Crippen LogP) is 4.08. The zero-order chi connectivity index (χ0) is 21.3. The van der Waals surface area contributed by atoms with Gasteiger partial charge in [0, 0.05) is 17.0 Å². The molecule has 1 amide bonds. The summed E-state index contributed by atoms with van der Waals surface area (Å²) in [6.45, 7) is 1.64. The molecule has 0 saturated carbocycles. The highest BCUT2D eigenvalue weighted by atomic mass is 32.1. The molecule has 3 aromatic rings. The van der Waals surface area contributed by atoms with E-state index >= 15 is 0 Å². The number of esters is 1. The van der Waals surface area contributed by atoms with Crippen molar-refractivity contribution < 1.29 is 19.1 Å². The van der Waals surface area contributed by atoms with E-state index < -0.39 is 12.0 Å². The Kier molecular flexibility index (Phi) is 7.34. The van der Waals surface area contributed by atoms with Gasteiger partial charge in [-0.2, -0.15) is 0 Å². The Morgan fingerprint density at radius 2 is 1.87 bits per heavy atom. The van der Waals surface area contributed by atoms with Crippen LogP contribution in [0.4, 0.5) is 0 Å². The van der Waals surface area contributed by atoms with Gasteiger partial charge in [0.2, 0.25) is 5.91 Å². The highest BCUT2D eigenvalue weighted by Crippen LogP contribution is 2.23. The molecule has 0 fully saturated rings.